The van der Waals surface area contributed by atoms with Gasteiger partial charge in [0.25, 0.3) is 0 Å². The van der Waals surface area contributed by atoms with Crippen molar-refractivity contribution in [3.05, 3.63) is 164 Å². The van der Waals surface area contributed by atoms with E-state index in [0.29, 0.717) is 23.4 Å². The lowest BCUT2D eigenvalue weighted by Crippen LogP contribution is -2.00. The summed E-state index contributed by atoms with van der Waals surface area (Å²) in [7, 11) is 0. The van der Waals surface area contributed by atoms with Gasteiger partial charge in [-0.15, -0.1) is 0 Å². The van der Waals surface area contributed by atoms with Gasteiger partial charge < -0.3 is 8.98 Å². The second-order valence-electron chi connectivity index (χ2n) is 12.4. The molecule has 234 valence electrons. The number of nitrogens with zero attached hydrogens (tertiary/aromatic N) is 5. The molecule has 7 aromatic carbocycles. The molecule has 0 spiro atoms. The Morgan fingerprint density at radius 3 is 1.84 bits per heavy atom. The van der Waals surface area contributed by atoms with Crippen LogP contribution in [-0.2, 0) is 0 Å². The molecule has 0 radical (unpaired) electrons. The van der Waals surface area contributed by atoms with Crippen LogP contribution in [0.3, 0.4) is 0 Å². The van der Waals surface area contributed by atoms with Gasteiger partial charge in [-0.1, -0.05) is 103 Å². The molecule has 0 aliphatic carbocycles. The fourth-order valence-electron chi connectivity index (χ4n) is 6.82. The Kier molecular flexibility index (Phi) is 6.39. The van der Waals surface area contributed by atoms with Gasteiger partial charge in [-0.05, 0) is 71.4 Å². The van der Waals surface area contributed by atoms with E-state index in [4.69, 9.17) is 24.4 Å². The van der Waals surface area contributed by atoms with Crippen LogP contribution in [0.25, 0.3) is 95.0 Å². The summed E-state index contributed by atoms with van der Waals surface area (Å²) in [6.07, 6.45) is 0. The standard InChI is InChI=1S/C44H27N5O/c1-2-11-29(12-3-1)41-46-42(48-43(47-41)32-19-18-28-10-4-5-13-31(28)26-32)30-20-23-34(24-21-30)49-38-16-8-6-14-35(38)36-25-22-33(27-39(36)49)44-45-37-15-7-9-17-40(37)50-44/h1-27H. The van der Waals surface area contributed by atoms with Gasteiger partial charge in [-0.2, -0.15) is 0 Å². The highest BCUT2D eigenvalue weighted by Crippen LogP contribution is 2.36. The number of benzene rings is 7. The molecule has 0 bridgehead atoms. The molecule has 50 heavy (non-hydrogen) atoms. The largest absolute Gasteiger partial charge is 0.436 e. The lowest BCUT2D eigenvalue weighted by atomic mass is 10.1. The predicted octanol–water partition coefficient (Wildman–Crippen LogP) is 10.9. The monoisotopic (exact) mass is 641 g/mol. The van der Waals surface area contributed by atoms with Gasteiger partial charge >= 0.3 is 0 Å². The number of rotatable bonds is 5. The highest BCUT2D eigenvalue weighted by Gasteiger charge is 2.17. The van der Waals surface area contributed by atoms with Crippen LogP contribution in [0, 0.1) is 0 Å². The second kappa shape index (κ2) is 11.4. The van der Waals surface area contributed by atoms with Crippen molar-refractivity contribution in [1.29, 1.82) is 0 Å². The fourth-order valence-corrected chi connectivity index (χ4v) is 6.82. The van der Waals surface area contributed by atoms with Crippen molar-refractivity contribution < 1.29 is 4.42 Å². The zero-order chi connectivity index (χ0) is 33.0. The predicted molar refractivity (Wildman–Crippen MR) is 201 cm³/mol. The molecule has 10 aromatic rings. The quantitative estimate of drug-likeness (QED) is 0.187. The maximum atomic E-state index is 6.15. The molecule has 0 aliphatic rings. The second-order valence-corrected chi connectivity index (χ2v) is 12.4. The van der Waals surface area contributed by atoms with Gasteiger partial charge in [-0.25, -0.2) is 19.9 Å². The van der Waals surface area contributed by atoms with Gasteiger partial charge in [0.1, 0.15) is 5.52 Å². The molecule has 0 fully saturated rings. The number of hydrogen-bond acceptors (Lipinski definition) is 5. The highest BCUT2D eigenvalue weighted by atomic mass is 16.3. The van der Waals surface area contributed by atoms with E-state index in [2.05, 4.69) is 114 Å². The smallest absolute Gasteiger partial charge is 0.227 e. The lowest BCUT2D eigenvalue weighted by Gasteiger charge is -2.11. The van der Waals surface area contributed by atoms with Gasteiger partial charge in [0.2, 0.25) is 5.89 Å². The number of oxazole rings is 1. The van der Waals surface area contributed by atoms with Crippen LogP contribution in [0.4, 0.5) is 0 Å². The maximum Gasteiger partial charge on any atom is 0.227 e. The summed E-state index contributed by atoms with van der Waals surface area (Å²) < 4.78 is 8.45. The van der Waals surface area contributed by atoms with Crippen LogP contribution in [0.1, 0.15) is 0 Å². The third-order valence-electron chi connectivity index (χ3n) is 9.27. The van der Waals surface area contributed by atoms with E-state index in [-0.39, 0.29) is 0 Å². The first-order chi connectivity index (χ1) is 24.7. The Bertz CT molecular complexity index is 2840. The lowest BCUT2D eigenvalue weighted by molar-refractivity contribution is 0.620. The van der Waals surface area contributed by atoms with Crippen LogP contribution in [0.2, 0.25) is 0 Å². The van der Waals surface area contributed by atoms with Crippen molar-refractivity contribution >= 4 is 43.7 Å². The van der Waals surface area contributed by atoms with Crippen molar-refractivity contribution in [3.63, 3.8) is 0 Å². The molecular weight excluding hydrogens is 615 g/mol. The molecule has 0 unspecified atom stereocenters. The van der Waals surface area contributed by atoms with Crippen LogP contribution >= 0.6 is 0 Å². The van der Waals surface area contributed by atoms with E-state index in [1.54, 1.807) is 0 Å². The molecule has 3 heterocycles. The zero-order valence-electron chi connectivity index (χ0n) is 26.7. The average molecular weight is 642 g/mol. The number of aromatic nitrogens is 5. The summed E-state index contributed by atoms with van der Waals surface area (Å²) in [6, 6.07) is 56.0. The van der Waals surface area contributed by atoms with E-state index < -0.39 is 0 Å². The Morgan fingerprint density at radius 1 is 0.400 bits per heavy atom. The van der Waals surface area contributed by atoms with E-state index in [1.165, 1.54) is 10.8 Å². The number of fused-ring (bicyclic) bond motifs is 5. The topological polar surface area (TPSA) is 69.6 Å². The third-order valence-corrected chi connectivity index (χ3v) is 9.27. The van der Waals surface area contributed by atoms with Gasteiger partial charge in [0.05, 0.1) is 11.0 Å². The fraction of sp³-hybridized carbons (Fsp3) is 0. The molecule has 3 aromatic heterocycles. The van der Waals surface area contributed by atoms with Gasteiger partial charge in [0, 0.05) is 38.7 Å². The van der Waals surface area contributed by atoms with E-state index in [0.717, 1.165) is 60.8 Å². The summed E-state index contributed by atoms with van der Waals surface area (Å²) in [4.78, 5) is 19.7. The molecule has 6 nitrogen and oxygen atoms in total. The molecule has 0 atom stereocenters. The first-order valence-corrected chi connectivity index (χ1v) is 16.6. The van der Waals surface area contributed by atoms with Crippen LogP contribution < -0.4 is 0 Å². The molecular formula is C44H27N5O. The Labute approximate surface area is 287 Å². The summed E-state index contributed by atoms with van der Waals surface area (Å²) in [5, 5.41) is 4.66. The van der Waals surface area contributed by atoms with Crippen molar-refractivity contribution in [3.8, 4) is 51.3 Å². The molecule has 6 heteroatoms. The van der Waals surface area contributed by atoms with Crippen molar-refractivity contribution in [1.82, 2.24) is 24.5 Å². The minimum atomic E-state index is 0.603. The summed E-state index contributed by atoms with van der Waals surface area (Å²) in [6.45, 7) is 0. The minimum absolute atomic E-state index is 0.603. The zero-order valence-corrected chi connectivity index (χ0v) is 26.7. The number of para-hydroxylation sites is 3. The molecule has 0 saturated heterocycles. The van der Waals surface area contributed by atoms with Crippen molar-refractivity contribution in [2.75, 3.05) is 0 Å². The first-order valence-electron chi connectivity index (χ1n) is 16.6. The normalized spacial score (nSPS) is 11.6. The third kappa shape index (κ3) is 4.73. The minimum Gasteiger partial charge on any atom is -0.436 e. The molecule has 0 N–H and O–H groups in total. The molecule has 0 aliphatic heterocycles. The van der Waals surface area contributed by atoms with E-state index >= 15 is 0 Å². The van der Waals surface area contributed by atoms with Crippen molar-refractivity contribution in [2.45, 2.75) is 0 Å². The van der Waals surface area contributed by atoms with Crippen molar-refractivity contribution in [2.24, 2.45) is 0 Å². The number of hydrogen-bond donors (Lipinski definition) is 0. The van der Waals surface area contributed by atoms with E-state index in [1.807, 2.05) is 54.6 Å². The SMILES string of the molecule is c1ccc(-c2nc(-c3ccc(-n4c5ccccc5c5ccc(-c6nc7ccccc7o6)cc54)cc3)nc(-c3ccc4ccccc4c3)n2)cc1. The Hall–Kier alpha value is -6.92. The van der Waals surface area contributed by atoms with Gasteiger partial charge in [-0.3, -0.25) is 0 Å². The summed E-state index contributed by atoms with van der Waals surface area (Å²) in [5.41, 5.74) is 8.56. The first kappa shape index (κ1) is 28.1. The Morgan fingerprint density at radius 2 is 1.02 bits per heavy atom. The Balaban J connectivity index is 1.10. The van der Waals surface area contributed by atoms with Gasteiger partial charge in [0.15, 0.2) is 23.1 Å². The summed E-state index contributed by atoms with van der Waals surface area (Å²) >= 11 is 0. The highest BCUT2D eigenvalue weighted by molar-refractivity contribution is 6.10. The van der Waals surface area contributed by atoms with Crippen LogP contribution in [0.15, 0.2) is 168 Å². The molecule has 0 saturated carbocycles. The van der Waals surface area contributed by atoms with Crippen LogP contribution in [0.5, 0.6) is 0 Å². The molecule has 0 amide bonds. The summed E-state index contributed by atoms with van der Waals surface area (Å²) in [5.74, 6) is 2.50. The molecule has 10 rings (SSSR count). The van der Waals surface area contributed by atoms with Crippen LogP contribution in [-0.4, -0.2) is 24.5 Å². The maximum absolute atomic E-state index is 6.15. The van der Waals surface area contributed by atoms with E-state index in [9.17, 15) is 0 Å². The average Bonchev–Trinajstić information content (AvgIpc) is 3.77.